The van der Waals surface area contributed by atoms with Crippen molar-refractivity contribution in [2.24, 2.45) is 5.92 Å². The second-order valence-corrected chi connectivity index (χ2v) is 5.27. The van der Waals surface area contributed by atoms with Crippen LogP contribution >= 0.6 is 12.4 Å². The summed E-state index contributed by atoms with van der Waals surface area (Å²) in [6.07, 6.45) is 7.45. The van der Waals surface area contributed by atoms with Crippen LogP contribution < -0.4 is 10.6 Å². The average Bonchev–Trinajstić information content (AvgIpc) is 2.91. The van der Waals surface area contributed by atoms with E-state index in [0.29, 0.717) is 25.5 Å². The first kappa shape index (κ1) is 17.9. The molecule has 21 heavy (non-hydrogen) atoms. The summed E-state index contributed by atoms with van der Waals surface area (Å²) in [6, 6.07) is 0. The van der Waals surface area contributed by atoms with Gasteiger partial charge in [-0.15, -0.1) is 12.4 Å². The summed E-state index contributed by atoms with van der Waals surface area (Å²) >= 11 is 0. The fourth-order valence-corrected chi connectivity index (χ4v) is 2.46. The quantitative estimate of drug-likeness (QED) is 0.803. The zero-order chi connectivity index (χ0) is 14.2. The van der Waals surface area contributed by atoms with Crippen molar-refractivity contribution in [3.05, 3.63) is 12.4 Å². The van der Waals surface area contributed by atoms with E-state index < -0.39 is 0 Å². The SMILES string of the molecule is COCCn1cc(NC(=O)CCC2CCNCC2)cn1.Cl. The lowest BCUT2D eigenvalue weighted by atomic mass is 9.93. The first-order chi connectivity index (χ1) is 9.78. The fraction of sp³-hybridized carbons (Fsp3) is 0.714. The number of carbonyl (C=O) groups excluding carboxylic acids is 1. The molecule has 1 aliphatic rings. The molecule has 7 heteroatoms. The average molecular weight is 317 g/mol. The predicted molar refractivity (Wildman–Crippen MR) is 84.8 cm³/mol. The number of nitrogens with one attached hydrogen (secondary N) is 2. The van der Waals surface area contributed by atoms with E-state index in [1.54, 1.807) is 18.0 Å². The highest BCUT2D eigenvalue weighted by atomic mass is 35.5. The summed E-state index contributed by atoms with van der Waals surface area (Å²) in [5.41, 5.74) is 0.761. The van der Waals surface area contributed by atoms with Gasteiger partial charge < -0.3 is 15.4 Å². The van der Waals surface area contributed by atoms with Crippen molar-refractivity contribution in [1.82, 2.24) is 15.1 Å². The van der Waals surface area contributed by atoms with E-state index in [1.807, 2.05) is 6.20 Å². The highest BCUT2D eigenvalue weighted by molar-refractivity contribution is 5.90. The van der Waals surface area contributed by atoms with Crippen LogP contribution in [0.25, 0.3) is 0 Å². The number of ether oxygens (including phenoxy) is 1. The first-order valence-corrected chi connectivity index (χ1v) is 7.30. The minimum atomic E-state index is 0. The molecule has 0 atom stereocenters. The van der Waals surface area contributed by atoms with Gasteiger partial charge in [-0.2, -0.15) is 5.10 Å². The predicted octanol–water partition coefficient (Wildman–Crippen LogP) is 1.67. The van der Waals surface area contributed by atoms with E-state index in [2.05, 4.69) is 15.7 Å². The van der Waals surface area contributed by atoms with Gasteiger partial charge in [0.1, 0.15) is 0 Å². The second-order valence-electron chi connectivity index (χ2n) is 5.27. The lowest BCUT2D eigenvalue weighted by molar-refractivity contribution is -0.116. The van der Waals surface area contributed by atoms with Crippen molar-refractivity contribution in [1.29, 1.82) is 0 Å². The normalized spacial score (nSPS) is 15.5. The molecule has 0 bridgehead atoms. The lowest BCUT2D eigenvalue weighted by Crippen LogP contribution is -2.28. The number of hydrogen-bond acceptors (Lipinski definition) is 4. The summed E-state index contributed by atoms with van der Waals surface area (Å²) in [6.45, 7) is 3.48. The third-order valence-corrected chi connectivity index (χ3v) is 3.68. The highest BCUT2D eigenvalue weighted by Crippen LogP contribution is 2.18. The van der Waals surface area contributed by atoms with Crippen molar-refractivity contribution in [3.63, 3.8) is 0 Å². The van der Waals surface area contributed by atoms with Crippen LogP contribution in [0.3, 0.4) is 0 Å². The molecule has 120 valence electrons. The van der Waals surface area contributed by atoms with E-state index in [0.717, 1.165) is 25.2 Å². The summed E-state index contributed by atoms with van der Waals surface area (Å²) in [4.78, 5) is 11.9. The van der Waals surface area contributed by atoms with E-state index in [9.17, 15) is 4.79 Å². The summed E-state index contributed by atoms with van der Waals surface area (Å²) < 4.78 is 6.76. The molecule has 1 aromatic heterocycles. The van der Waals surface area contributed by atoms with Gasteiger partial charge in [-0.3, -0.25) is 9.48 Å². The van der Waals surface area contributed by atoms with Crippen molar-refractivity contribution >= 4 is 24.0 Å². The molecule has 1 aromatic rings. The number of anilines is 1. The molecule has 0 aliphatic carbocycles. The Morgan fingerprint density at radius 3 is 3.00 bits per heavy atom. The van der Waals surface area contributed by atoms with Gasteiger partial charge in [0.25, 0.3) is 0 Å². The second kappa shape index (κ2) is 9.76. The van der Waals surface area contributed by atoms with Gasteiger partial charge in [0.05, 0.1) is 25.0 Å². The van der Waals surface area contributed by atoms with Gasteiger partial charge in [0.2, 0.25) is 5.91 Å². The van der Waals surface area contributed by atoms with Crippen molar-refractivity contribution < 1.29 is 9.53 Å². The Kier molecular flexibility index (Phi) is 8.34. The zero-order valence-corrected chi connectivity index (χ0v) is 13.3. The molecule has 0 saturated carbocycles. The minimum absolute atomic E-state index is 0. The topological polar surface area (TPSA) is 68.2 Å². The van der Waals surface area contributed by atoms with Crippen LogP contribution in [0.15, 0.2) is 12.4 Å². The molecule has 1 aliphatic heterocycles. The molecule has 2 N–H and O–H groups in total. The Morgan fingerprint density at radius 2 is 2.29 bits per heavy atom. The Hall–Kier alpha value is -1.11. The van der Waals surface area contributed by atoms with Crippen LogP contribution in [0, 0.1) is 5.92 Å². The summed E-state index contributed by atoms with van der Waals surface area (Å²) in [7, 11) is 1.66. The van der Waals surface area contributed by atoms with Crippen LogP contribution in [0.4, 0.5) is 5.69 Å². The van der Waals surface area contributed by atoms with Gasteiger partial charge >= 0.3 is 0 Å². The highest BCUT2D eigenvalue weighted by Gasteiger charge is 2.14. The third-order valence-electron chi connectivity index (χ3n) is 3.68. The summed E-state index contributed by atoms with van der Waals surface area (Å²) in [5.74, 6) is 0.765. The van der Waals surface area contributed by atoms with Gasteiger partial charge in [-0.1, -0.05) is 0 Å². The summed E-state index contributed by atoms with van der Waals surface area (Å²) in [5, 5.41) is 10.4. The van der Waals surface area contributed by atoms with E-state index in [4.69, 9.17) is 4.74 Å². The van der Waals surface area contributed by atoms with Crippen molar-refractivity contribution in [3.8, 4) is 0 Å². The first-order valence-electron chi connectivity index (χ1n) is 7.30. The van der Waals surface area contributed by atoms with Gasteiger partial charge in [-0.25, -0.2) is 0 Å². The molecule has 1 amide bonds. The molecule has 0 aromatic carbocycles. The maximum atomic E-state index is 11.9. The number of halogens is 1. The number of piperidine rings is 1. The number of hydrogen-bond donors (Lipinski definition) is 2. The molecule has 6 nitrogen and oxygen atoms in total. The lowest BCUT2D eigenvalue weighted by Gasteiger charge is -2.22. The molecule has 0 spiro atoms. The van der Waals surface area contributed by atoms with Gasteiger partial charge in [0, 0.05) is 19.7 Å². The number of nitrogens with zero attached hydrogens (tertiary/aromatic N) is 2. The van der Waals surface area contributed by atoms with Crippen LogP contribution in [-0.2, 0) is 16.1 Å². The van der Waals surface area contributed by atoms with E-state index >= 15 is 0 Å². The number of rotatable bonds is 7. The number of amides is 1. The molecule has 0 radical (unpaired) electrons. The third kappa shape index (κ3) is 6.46. The number of methoxy groups -OCH3 is 1. The maximum absolute atomic E-state index is 11.9. The van der Waals surface area contributed by atoms with Crippen LogP contribution in [0.2, 0.25) is 0 Å². The Balaban J connectivity index is 0.00000220. The molecular weight excluding hydrogens is 292 g/mol. The molecule has 2 rings (SSSR count). The zero-order valence-electron chi connectivity index (χ0n) is 12.5. The van der Waals surface area contributed by atoms with Crippen molar-refractivity contribution in [2.75, 3.05) is 32.1 Å². The monoisotopic (exact) mass is 316 g/mol. The van der Waals surface area contributed by atoms with Crippen molar-refractivity contribution in [2.45, 2.75) is 32.2 Å². The van der Waals surface area contributed by atoms with Crippen LogP contribution in [-0.4, -0.2) is 42.5 Å². The fourth-order valence-electron chi connectivity index (χ4n) is 2.46. The maximum Gasteiger partial charge on any atom is 0.224 e. The smallest absolute Gasteiger partial charge is 0.224 e. The van der Waals surface area contributed by atoms with Gasteiger partial charge in [0.15, 0.2) is 0 Å². The molecule has 1 fully saturated rings. The number of aromatic nitrogens is 2. The number of carbonyl (C=O) groups is 1. The largest absolute Gasteiger partial charge is 0.383 e. The van der Waals surface area contributed by atoms with E-state index in [1.165, 1.54) is 12.8 Å². The van der Waals surface area contributed by atoms with Gasteiger partial charge in [-0.05, 0) is 38.3 Å². The molecule has 0 unspecified atom stereocenters. The molecule has 1 saturated heterocycles. The minimum Gasteiger partial charge on any atom is -0.383 e. The molecular formula is C14H25ClN4O2. The Bertz CT molecular complexity index is 419. The van der Waals surface area contributed by atoms with E-state index in [-0.39, 0.29) is 18.3 Å². The van der Waals surface area contributed by atoms with Crippen LogP contribution in [0.5, 0.6) is 0 Å². The molecule has 2 heterocycles. The van der Waals surface area contributed by atoms with Crippen LogP contribution in [0.1, 0.15) is 25.7 Å². The standard InChI is InChI=1S/C14H24N4O2.ClH/c1-20-9-8-18-11-13(10-16-18)17-14(19)3-2-12-4-6-15-7-5-12;/h10-12,15H,2-9H2,1H3,(H,17,19);1H. The Labute approximate surface area is 132 Å². The Morgan fingerprint density at radius 1 is 1.52 bits per heavy atom.